The molecule has 21 heavy (non-hydrogen) atoms. The van der Waals surface area contributed by atoms with Crippen LogP contribution in [0.25, 0.3) is 0 Å². The maximum atomic E-state index is 14.0. The summed E-state index contributed by atoms with van der Waals surface area (Å²) in [7, 11) is 0. The van der Waals surface area contributed by atoms with E-state index in [1.54, 1.807) is 12.1 Å². The summed E-state index contributed by atoms with van der Waals surface area (Å²) in [5.74, 6) is -0.278. The average molecular weight is 308 g/mol. The van der Waals surface area contributed by atoms with Crippen LogP contribution in [0.4, 0.5) is 4.39 Å². The second kappa shape index (κ2) is 8.04. The molecule has 0 radical (unpaired) electrons. The van der Waals surface area contributed by atoms with Gasteiger partial charge < -0.3 is 4.90 Å². The Kier molecular flexibility index (Phi) is 6.70. The van der Waals surface area contributed by atoms with E-state index in [0.29, 0.717) is 17.1 Å². The lowest BCUT2D eigenvalue weighted by Gasteiger charge is -2.31. The van der Waals surface area contributed by atoms with Gasteiger partial charge >= 0.3 is 0 Å². The van der Waals surface area contributed by atoms with Crippen LogP contribution in [0.15, 0.2) is 54.3 Å². The van der Waals surface area contributed by atoms with E-state index in [-0.39, 0.29) is 11.9 Å². The van der Waals surface area contributed by atoms with Crippen LogP contribution < -0.4 is 0 Å². The molecule has 0 saturated heterocycles. The zero-order valence-corrected chi connectivity index (χ0v) is 13.9. The van der Waals surface area contributed by atoms with Crippen LogP contribution in [0, 0.1) is 5.82 Å². The number of nitrogens with zero attached hydrogens (tertiary/aromatic N) is 1. The normalized spacial score (nSPS) is 12.7. The maximum absolute atomic E-state index is 14.0. The lowest BCUT2D eigenvalue weighted by atomic mass is 10.1. The molecule has 0 saturated carbocycles. The number of halogens is 2. The third-order valence-corrected chi connectivity index (χ3v) is 3.69. The van der Waals surface area contributed by atoms with E-state index in [0.717, 1.165) is 11.3 Å². The van der Waals surface area contributed by atoms with Gasteiger partial charge in [0.15, 0.2) is 0 Å². The summed E-state index contributed by atoms with van der Waals surface area (Å²) in [6.07, 6.45) is 5.81. The molecule has 0 N–H and O–H groups in total. The standard InChI is InChI=1S/C18H23ClFN/c1-6-9-14(5)18(7-2)21(13(3)4)12-15-16(19)10-8-11-17(15)20/h6-11,13H,2,12H2,1,3-5H3/b9-6-,18-14+. The Balaban J connectivity index is 3.25. The van der Waals surface area contributed by atoms with Crippen molar-refractivity contribution in [3.8, 4) is 0 Å². The van der Waals surface area contributed by atoms with Crippen molar-refractivity contribution >= 4 is 11.6 Å². The molecule has 0 heterocycles. The average Bonchev–Trinajstić information content (AvgIpc) is 2.41. The first-order valence-corrected chi connectivity index (χ1v) is 7.45. The highest BCUT2D eigenvalue weighted by atomic mass is 35.5. The molecule has 1 aromatic carbocycles. The van der Waals surface area contributed by atoms with Crippen LogP contribution in [0.3, 0.4) is 0 Å². The van der Waals surface area contributed by atoms with Gasteiger partial charge in [-0.1, -0.05) is 36.4 Å². The largest absolute Gasteiger partial charge is 0.364 e. The molecule has 114 valence electrons. The molecule has 0 unspecified atom stereocenters. The fourth-order valence-corrected chi connectivity index (χ4v) is 2.46. The summed E-state index contributed by atoms with van der Waals surface area (Å²) in [6, 6.07) is 4.98. The van der Waals surface area contributed by atoms with E-state index in [2.05, 4.69) is 25.3 Å². The molecule has 0 bridgehead atoms. The highest BCUT2D eigenvalue weighted by Gasteiger charge is 2.17. The predicted octanol–water partition coefficient (Wildman–Crippen LogP) is 5.73. The molecule has 3 heteroatoms. The smallest absolute Gasteiger partial charge is 0.129 e. The van der Waals surface area contributed by atoms with Crippen molar-refractivity contribution in [1.29, 1.82) is 0 Å². The Morgan fingerprint density at radius 1 is 1.43 bits per heavy atom. The molecule has 0 aliphatic heterocycles. The minimum absolute atomic E-state index is 0.203. The number of hydrogen-bond acceptors (Lipinski definition) is 1. The molecule has 0 aliphatic carbocycles. The molecular weight excluding hydrogens is 285 g/mol. The van der Waals surface area contributed by atoms with Crippen molar-refractivity contribution in [2.75, 3.05) is 0 Å². The molecule has 0 atom stereocenters. The van der Waals surface area contributed by atoms with Crippen molar-refractivity contribution < 1.29 is 4.39 Å². The van der Waals surface area contributed by atoms with Gasteiger partial charge in [0.05, 0.1) is 0 Å². The van der Waals surface area contributed by atoms with Crippen LogP contribution in [0.5, 0.6) is 0 Å². The van der Waals surface area contributed by atoms with Crippen LogP contribution in [-0.4, -0.2) is 10.9 Å². The quantitative estimate of drug-likeness (QED) is 0.607. The highest BCUT2D eigenvalue weighted by molar-refractivity contribution is 6.31. The van der Waals surface area contributed by atoms with Gasteiger partial charge in [-0.2, -0.15) is 0 Å². The number of allylic oxidation sites excluding steroid dienone is 4. The Hall–Kier alpha value is -1.54. The van der Waals surface area contributed by atoms with Crippen molar-refractivity contribution in [2.45, 2.75) is 40.3 Å². The lowest BCUT2D eigenvalue weighted by molar-refractivity contribution is 0.278. The van der Waals surface area contributed by atoms with E-state index in [9.17, 15) is 4.39 Å². The topological polar surface area (TPSA) is 3.24 Å². The van der Waals surface area contributed by atoms with Crippen molar-refractivity contribution in [3.63, 3.8) is 0 Å². The number of hydrogen-bond donors (Lipinski definition) is 0. The van der Waals surface area contributed by atoms with E-state index >= 15 is 0 Å². The highest BCUT2D eigenvalue weighted by Crippen LogP contribution is 2.25. The zero-order valence-electron chi connectivity index (χ0n) is 13.2. The van der Waals surface area contributed by atoms with Gasteiger partial charge in [0.25, 0.3) is 0 Å². The Morgan fingerprint density at radius 2 is 2.10 bits per heavy atom. The molecule has 0 aliphatic rings. The molecule has 1 rings (SSSR count). The monoisotopic (exact) mass is 307 g/mol. The summed E-state index contributed by atoms with van der Waals surface area (Å²) >= 11 is 6.14. The van der Waals surface area contributed by atoms with Gasteiger partial charge in [-0.3, -0.25) is 0 Å². The van der Waals surface area contributed by atoms with E-state index < -0.39 is 0 Å². The summed E-state index contributed by atoms with van der Waals surface area (Å²) in [5, 5.41) is 0.452. The van der Waals surface area contributed by atoms with E-state index in [1.807, 2.05) is 32.1 Å². The number of benzene rings is 1. The Morgan fingerprint density at radius 3 is 2.57 bits per heavy atom. The van der Waals surface area contributed by atoms with Crippen molar-refractivity contribution in [1.82, 2.24) is 4.90 Å². The first-order chi connectivity index (χ1) is 9.92. The van der Waals surface area contributed by atoms with Crippen molar-refractivity contribution in [3.05, 3.63) is 70.7 Å². The van der Waals surface area contributed by atoms with Gasteiger partial charge in [0, 0.05) is 28.9 Å². The van der Waals surface area contributed by atoms with Crippen LogP contribution >= 0.6 is 11.6 Å². The third kappa shape index (κ3) is 4.47. The molecular formula is C18H23ClFN. The van der Waals surface area contributed by atoms with Gasteiger partial charge in [-0.25, -0.2) is 4.39 Å². The van der Waals surface area contributed by atoms with E-state index in [1.165, 1.54) is 6.07 Å². The molecule has 1 aromatic rings. The first-order valence-electron chi connectivity index (χ1n) is 7.07. The minimum atomic E-state index is -0.278. The first kappa shape index (κ1) is 17.5. The van der Waals surface area contributed by atoms with E-state index in [4.69, 9.17) is 11.6 Å². The molecule has 0 amide bonds. The van der Waals surface area contributed by atoms with Crippen LogP contribution in [-0.2, 0) is 6.54 Å². The summed E-state index contributed by atoms with van der Waals surface area (Å²) in [6.45, 7) is 12.4. The van der Waals surface area contributed by atoms with Crippen LogP contribution in [0.1, 0.15) is 33.3 Å². The Bertz CT molecular complexity index is 538. The minimum Gasteiger partial charge on any atom is -0.364 e. The molecule has 0 fully saturated rings. The van der Waals surface area contributed by atoms with Crippen LogP contribution in [0.2, 0.25) is 5.02 Å². The maximum Gasteiger partial charge on any atom is 0.129 e. The van der Waals surface area contributed by atoms with Gasteiger partial charge in [-0.15, -0.1) is 0 Å². The second-order valence-corrected chi connectivity index (χ2v) is 5.60. The van der Waals surface area contributed by atoms with Crippen molar-refractivity contribution in [2.24, 2.45) is 0 Å². The Labute approximate surface area is 132 Å². The van der Waals surface area contributed by atoms with Gasteiger partial charge in [-0.05, 0) is 51.5 Å². The predicted molar refractivity (Wildman–Crippen MR) is 89.8 cm³/mol. The van der Waals surface area contributed by atoms with Gasteiger partial charge in [0.1, 0.15) is 5.82 Å². The summed E-state index contributed by atoms with van der Waals surface area (Å²) in [4.78, 5) is 2.10. The second-order valence-electron chi connectivity index (χ2n) is 5.19. The fourth-order valence-electron chi connectivity index (χ4n) is 2.24. The molecule has 0 aromatic heterocycles. The zero-order chi connectivity index (χ0) is 16.0. The number of rotatable bonds is 6. The lowest BCUT2D eigenvalue weighted by Crippen LogP contribution is -2.30. The SMILES string of the molecule is C=C/C(=C(C)\C=C/C)N(Cc1c(F)cccc1Cl)C(C)C. The summed E-state index contributed by atoms with van der Waals surface area (Å²) < 4.78 is 14.0. The fraction of sp³-hybridized carbons (Fsp3) is 0.333. The molecule has 1 nitrogen and oxygen atoms in total. The third-order valence-electron chi connectivity index (χ3n) is 3.34. The summed E-state index contributed by atoms with van der Waals surface area (Å²) in [5.41, 5.74) is 2.59. The van der Waals surface area contributed by atoms with Gasteiger partial charge in [0.2, 0.25) is 0 Å². The molecule has 0 spiro atoms.